The minimum Gasteiger partial charge on any atom is -0.352 e. The molecule has 0 aliphatic carbocycles. The van der Waals surface area contributed by atoms with E-state index in [1.54, 1.807) is 0 Å². The van der Waals surface area contributed by atoms with Crippen molar-refractivity contribution in [3.63, 3.8) is 0 Å². The zero-order valence-corrected chi connectivity index (χ0v) is 14.4. The van der Waals surface area contributed by atoms with Crippen LogP contribution >= 0.6 is 0 Å². The first-order valence-corrected chi connectivity index (χ1v) is 8.66. The molecule has 1 aromatic rings. The van der Waals surface area contributed by atoms with Gasteiger partial charge >= 0.3 is 0 Å². The monoisotopic (exact) mass is 306 g/mol. The lowest BCUT2D eigenvalue weighted by Gasteiger charge is -2.27. The molecule has 1 aromatic heterocycles. The Morgan fingerprint density at radius 2 is 1.36 bits per heavy atom. The molecule has 2 rings (SSSR count). The van der Waals surface area contributed by atoms with Crippen LogP contribution in [-0.4, -0.2) is 40.1 Å². The van der Waals surface area contributed by atoms with Gasteiger partial charge in [-0.3, -0.25) is 0 Å². The first-order chi connectivity index (χ1) is 10.6. The topological polar surface area (TPSA) is 66.0 Å². The van der Waals surface area contributed by atoms with E-state index in [1.165, 1.54) is 19.3 Å². The number of aromatic nitrogens is 3. The highest BCUT2D eigenvalue weighted by molar-refractivity contribution is 5.44. The van der Waals surface area contributed by atoms with Crippen molar-refractivity contribution in [2.45, 2.75) is 71.9 Å². The van der Waals surface area contributed by atoms with Gasteiger partial charge in [-0.15, -0.1) is 0 Å². The third-order valence-electron chi connectivity index (χ3n) is 4.24. The van der Waals surface area contributed by atoms with E-state index in [1.807, 2.05) is 0 Å². The molecular weight excluding hydrogens is 276 g/mol. The Bertz CT molecular complexity index is 428. The van der Waals surface area contributed by atoms with E-state index < -0.39 is 0 Å². The maximum Gasteiger partial charge on any atom is 0.231 e. The van der Waals surface area contributed by atoms with Crippen molar-refractivity contribution < 1.29 is 0 Å². The van der Waals surface area contributed by atoms with Crippen LogP contribution in [0.5, 0.6) is 0 Å². The van der Waals surface area contributed by atoms with Gasteiger partial charge in [0.2, 0.25) is 17.8 Å². The SMILES string of the molecule is CC[C@@H](C)Nc1nc(N[C@@H](C)CC)nc(N2CCCCC2)n1. The molecule has 2 atom stereocenters. The van der Waals surface area contributed by atoms with Gasteiger partial charge in [0.15, 0.2) is 0 Å². The quantitative estimate of drug-likeness (QED) is 0.806. The van der Waals surface area contributed by atoms with Gasteiger partial charge in [-0.1, -0.05) is 13.8 Å². The summed E-state index contributed by atoms with van der Waals surface area (Å²) in [5, 5.41) is 6.75. The molecule has 1 aliphatic rings. The maximum atomic E-state index is 4.63. The fourth-order valence-corrected chi connectivity index (χ4v) is 2.37. The second-order valence-corrected chi connectivity index (χ2v) is 6.24. The molecular formula is C16H30N6. The highest BCUT2D eigenvalue weighted by Gasteiger charge is 2.17. The molecule has 1 saturated heterocycles. The Labute approximate surface area is 134 Å². The Kier molecular flexibility index (Phi) is 6.21. The molecule has 2 heterocycles. The molecule has 6 nitrogen and oxygen atoms in total. The highest BCUT2D eigenvalue weighted by Crippen LogP contribution is 2.19. The number of hydrogen-bond acceptors (Lipinski definition) is 6. The minimum absolute atomic E-state index is 0.355. The summed E-state index contributed by atoms with van der Waals surface area (Å²) in [4.78, 5) is 16.1. The lowest BCUT2D eigenvalue weighted by Crippen LogP contribution is -2.32. The third-order valence-corrected chi connectivity index (χ3v) is 4.24. The van der Waals surface area contributed by atoms with Gasteiger partial charge in [-0.25, -0.2) is 0 Å². The van der Waals surface area contributed by atoms with Crippen LogP contribution < -0.4 is 15.5 Å². The molecule has 0 aromatic carbocycles. The molecule has 22 heavy (non-hydrogen) atoms. The van der Waals surface area contributed by atoms with Crippen LogP contribution in [0.1, 0.15) is 59.8 Å². The van der Waals surface area contributed by atoms with Crippen LogP contribution in [0.15, 0.2) is 0 Å². The van der Waals surface area contributed by atoms with Gasteiger partial charge < -0.3 is 15.5 Å². The first kappa shape index (κ1) is 16.8. The van der Waals surface area contributed by atoms with Crippen molar-refractivity contribution in [3.05, 3.63) is 0 Å². The molecule has 0 amide bonds. The van der Waals surface area contributed by atoms with Gasteiger partial charge in [0.25, 0.3) is 0 Å². The third kappa shape index (κ3) is 4.71. The van der Waals surface area contributed by atoms with Crippen molar-refractivity contribution in [2.75, 3.05) is 28.6 Å². The summed E-state index contributed by atoms with van der Waals surface area (Å²) in [5.41, 5.74) is 0. The second-order valence-electron chi connectivity index (χ2n) is 6.24. The Morgan fingerprint density at radius 1 is 0.864 bits per heavy atom. The van der Waals surface area contributed by atoms with Gasteiger partial charge in [0, 0.05) is 25.2 Å². The van der Waals surface area contributed by atoms with Crippen LogP contribution in [0.4, 0.5) is 17.8 Å². The Hall–Kier alpha value is -1.59. The predicted molar refractivity (Wildman–Crippen MR) is 92.6 cm³/mol. The summed E-state index contributed by atoms with van der Waals surface area (Å²) < 4.78 is 0. The number of nitrogens with zero attached hydrogens (tertiary/aromatic N) is 4. The number of anilines is 3. The van der Waals surface area contributed by atoms with Crippen molar-refractivity contribution in [1.29, 1.82) is 0 Å². The predicted octanol–water partition coefficient (Wildman–Crippen LogP) is 3.28. The molecule has 0 spiro atoms. The number of nitrogens with one attached hydrogen (secondary N) is 2. The first-order valence-electron chi connectivity index (χ1n) is 8.66. The maximum absolute atomic E-state index is 4.63. The molecule has 0 bridgehead atoms. The summed E-state index contributed by atoms with van der Waals surface area (Å²) in [6, 6.07) is 0.709. The van der Waals surface area contributed by atoms with E-state index in [-0.39, 0.29) is 0 Å². The molecule has 1 aliphatic heterocycles. The molecule has 6 heteroatoms. The highest BCUT2D eigenvalue weighted by atomic mass is 15.3. The average molecular weight is 306 g/mol. The molecule has 1 fully saturated rings. The molecule has 0 unspecified atom stereocenters. The summed E-state index contributed by atoms with van der Waals surface area (Å²) in [7, 11) is 0. The normalized spacial score (nSPS) is 17.9. The fraction of sp³-hybridized carbons (Fsp3) is 0.812. The second kappa shape index (κ2) is 8.15. The summed E-state index contributed by atoms with van der Waals surface area (Å²) >= 11 is 0. The molecule has 2 N–H and O–H groups in total. The van der Waals surface area contributed by atoms with Crippen LogP contribution in [-0.2, 0) is 0 Å². The fourth-order valence-electron chi connectivity index (χ4n) is 2.37. The van der Waals surface area contributed by atoms with Gasteiger partial charge in [-0.2, -0.15) is 15.0 Å². The summed E-state index contributed by atoms with van der Waals surface area (Å²) in [6.45, 7) is 10.7. The number of hydrogen-bond donors (Lipinski definition) is 2. The standard InChI is InChI=1S/C16H30N6/c1-5-12(3)17-14-19-15(18-13(4)6-2)21-16(20-14)22-10-8-7-9-11-22/h12-13H,5-11H2,1-4H3,(H2,17,18,19,20,21)/t12-,13+. The van der Waals surface area contributed by atoms with Gasteiger partial charge in [-0.05, 0) is 46.0 Å². The van der Waals surface area contributed by atoms with E-state index in [0.717, 1.165) is 31.9 Å². The molecule has 0 saturated carbocycles. The smallest absolute Gasteiger partial charge is 0.231 e. The van der Waals surface area contributed by atoms with Crippen LogP contribution in [0.3, 0.4) is 0 Å². The van der Waals surface area contributed by atoms with E-state index in [2.05, 4.69) is 58.2 Å². The Balaban J connectivity index is 2.22. The lowest BCUT2D eigenvalue weighted by molar-refractivity contribution is 0.567. The van der Waals surface area contributed by atoms with Crippen LogP contribution in [0, 0.1) is 0 Å². The van der Waals surface area contributed by atoms with Gasteiger partial charge in [0.1, 0.15) is 0 Å². The lowest BCUT2D eigenvalue weighted by atomic mass is 10.1. The van der Waals surface area contributed by atoms with E-state index >= 15 is 0 Å². The summed E-state index contributed by atoms with van der Waals surface area (Å²) in [6.07, 6.45) is 5.82. The van der Waals surface area contributed by atoms with Crippen molar-refractivity contribution in [3.8, 4) is 0 Å². The minimum atomic E-state index is 0.355. The Morgan fingerprint density at radius 3 is 1.82 bits per heavy atom. The van der Waals surface area contributed by atoms with Gasteiger partial charge in [0.05, 0.1) is 0 Å². The van der Waals surface area contributed by atoms with Crippen LogP contribution in [0.25, 0.3) is 0 Å². The van der Waals surface area contributed by atoms with E-state index in [0.29, 0.717) is 24.0 Å². The van der Waals surface area contributed by atoms with Crippen molar-refractivity contribution in [2.24, 2.45) is 0 Å². The van der Waals surface area contributed by atoms with Crippen molar-refractivity contribution in [1.82, 2.24) is 15.0 Å². The zero-order valence-electron chi connectivity index (χ0n) is 14.4. The van der Waals surface area contributed by atoms with E-state index in [4.69, 9.17) is 0 Å². The van der Waals surface area contributed by atoms with Crippen LogP contribution in [0.2, 0.25) is 0 Å². The largest absolute Gasteiger partial charge is 0.352 e. The van der Waals surface area contributed by atoms with Crippen molar-refractivity contribution >= 4 is 17.8 Å². The van der Waals surface area contributed by atoms with E-state index in [9.17, 15) is 0 Å². The average Bonchev–Trinajstić information content (AvgIpc) is 2.55. The molecule has 124 valence electrons. The molecule has 0 radical (unpaired) electrons. The zero-order chi connectivity index (χ0) is 15.9. The summed E-state index contributed by atoms with van der Waals surface area (Å²) in [5.74, 6) is 2.15. The number of piperidine rings is 1. The number of rotatable bonds is 7.